The van der Waals surface area contributed by atoms with Gasteiger partial charge in [-0.25, -0.2) is 0 Å². The quantitative estimate of drug-likeness (QED) is 0.277. The van der Waals surface area contributed by atoms with E-state index in [9.17, 15) is 0 Å². The molecule has 5 aromatic carbocycles. The Morgan fingerprint density at radius 2 is 0.515 bits per heavy atom. The first-order valence-electron chi connectivity index (χ1n) is 11.2. The molecule has 5 aromatic rings. The molecule has 0 fully saturated rings. The van der Waals surface area contributed by atoms with E-state index in [2.05, 4.69) is 156 Å². The Balaban J connectivity index is 2.28. The van der Waals surface area contributed by atoms with E-state index in [4.69, 9.17) is 6.58 Å². The SMILES string of the molecule is C=C[Te](c1ccccc1)(c1ccccc1)(c1ccccc1)(c1ccccc1)c1ccccc1. The van der Waals surface area contributed by atoms with E-state index in [0.29, 0.717) is 0 Å². The van der Waals surface area contributed by atoms with Gasteiger partial charge in [-0.3, -0.25) is 0 Å². The zero-order valence-electron chi connectivity index (χ0n) is 18.6. The van der Waals surface area contributed by atoms with Gasteiger partial charge in [0, 0.05) is 0 Å². The summed E-state index contributed by atoms with van der Waals surface area (Å²) in [5.41, 5.74) is 0. The van der Waals surface area contributed by atoms with Gasteiger partial charge in [0.1, 0.15) is 0 Å². The molecule has 0 nitrogen and oxygen atoms in total. The molecule has 0 spiro atoms. The van der Waals surface area contributed by atoms with E-state index in [1.165, 1.54) is 18.1 Å². The van der Waals surface area contributed by atoms with Gasteiger partial charge in [0.15, 0.2) is 0 Å². The van der Waals surface area contributed by atoms with Crippen LogP contribution in [-0.4, -0.2) is 15.4 Å². The van der Waals surface area contributed by atoms with E-state index < -0.39 is 15.4 Å². The minimum absolute atomic E-state index is 1.31. The molecule has 0 aromatic heterocycles. The van der Waals surface area contributed by atoms with Crippen molar-refractivity contribution < 1.29 is 0 Å². The summed E-state index contributed by atoms with van der Waals surface area (Å²) < 4.78 is 8.90. The van der Waals surface area contributed by atoms with Crippen LogP contribution in [0.3, 0.4) is 0 Å². The molecule has 0 unspecified atom stereocenters. The summed E-state index contributed by atoms with van der Waals surface area (Å²) in [6.07, 6.45) is 0. The van der Waals surface area contributed by atoms with Crippen molar-refractivity contribution in [1.82, 2.24) is 0 Å². The second-order valence-corrected chi connectivity index (χ2v) is 25.2. The van der Waals surface area contributed by atoms with Crippen LogP contribution < -0.4 is 18.1 Å². The van der Waals surface area contributed by atoms with Gasteiger partial charge in [0.2, 0.25) is 0 Å². The first-order valence-corrected chi connectivity index (χ1v) is 18.4. The minimum atomic E-state index is -5.30. The summed E-state index contributed by atoms with van der Waals surface area (Å²) in [6, 6.07) is 55.3. The van der Waals surface area contributed by atoms with Crippen molar-refractivity contribution in [3.8, 4) is 0 Å². The van der Waals surface area contributed by atoms with Crippen LogP contribution in [0.5, 0.6) is 0 Å². The third kappa shape index (κ3) is 2.42. The maximum absolute atomic E-state index is 5.30. The average molecular weight is 540 g/mol. The van der Waals surface area contributed by atoms with Crippen LogP contribution in [0, 0.1) is 0 Å². The van der Waals surface area contributed by atoms with Crippen LogP contribution in [0.15, 0.2) is 162 Å². The van der Waals surface area contributed by atoms with Gasteiger partial charge in [-0.05, 0) is 0 Å². The summed E-state index contributed by atoms with van der Waals surface area (Å²) in [4.78, 5) is 0. The summed E-state index contributed by atoms with van der Waals surface area (Å²) in [7, 11) is 0. The van der Waals surface area contributed by atoms with Crippen molar-refractivity contribution in [3.63, 3.8) is 0 Å². The van der Waals surface area contributed by atoms with E-state index in [0.717, 1.165) is 0 Å². The fourth-order valence-corrected chi connectivity index (χ4v) is 28.5. The molecule has 0 aliphatic carbocycles. The van der Waals surface area contributed by atoms with Crippen LogP contribution in [0.25, 0.3) is 0 Å². The van der Waals surface area contributed by atoms with E-state index in [1.54, 1.807) is 0 Å². The molecule has 0 saturated carbocycles. The predicted octanol–water partition coefficient (Wildman–Crippen LogP) is 4.60. The van der Waals surface area contributed by atoms with Crippen LogP contribution >= 0.6 is 0 Å². The molecule has 0 N–H and O–H groups in total. The molecule has 0 aliphatic rings. The second kappa shape index (κ2) is 7.89. The van der Waals surface area contributed by atoms with Crippen molar-refractivity contribution >= 4 is 33.5 Å². The fraction of sp³-hybridized carbons (Fsp3) is 0. The number of hydrogen-bond acceptors (Lipinski definition) is 0. The summed E-state index contributed by atoms with van der Waals surface area (Å²) in [5.74, 6) is 0. The Bertz CT molecular complexity index is 1120. The third-order valence-electron chi connectivity index (χ3n) is 7.17. The van der Waals surface area contributed by atoms with Crippen molar-refractivity contribution in [1.29, 1.82) is 0 Å². The Labute approximate surface area is 195 Å². The van der Waals surface area contributed by atoms with Crippen LogP contribution in [-0.2, 0) is 0 Å². The Morgan fingerprint density at radius 3 is 0.667 bits per heavy atom. The molecule has 0 radical (unpaired) electrons. The van der Waals surface area contributed by atoms with Crippen molar-refractivity contribution in [2.75, 3.05) is 0 Å². The monoisotopic (exact) mass is 542 g/mol. The topological polar surface area (TPSA) is 0 Å². The standard InChI is InChI=1S/C32H28Te/c1-2-33(28-18-8-3-9-19-28,29-20-10-4-11-21-29,30-22-12-5-13-23-30,31-24-14-6-15-25-31)32-26-16-7-17-27-32/h2-27H,1H2. The van der Waals surface area contributed by atoms with Crippen LogP contribution in [0.2, 0.25) is 0 Å². The second-order valence-electron chi connectivity index (χ2n) is 8.34. The molecule has 0 aliphatic heterocycles. The first-order chi connectivity index (χ1) is 16.3. The van der Waals surface area contributed by atoms with Gasteiger partial charge < -0.3 is 0 Å². The normalized spacial score (nSPS) is 13.5. The zero-order valence-corrected chi connectivity index (χ0v) is 21.0. The van der Waals surface area contributed by atoms with Gasteiger partial charge in [-0.15, -0.1) is 0 Å². The van der Waals surface area contributed by atoms with Gasteiger partial charge in [0.05, 0.1) is 0 Å². The molecule has 0 heterocycles. The molecule has 5 rings (SSSR count). The van der Waals surface area contributed by atoms with Crippen molar-refractivity contribution in [3.05, 3.63) is 162 Å². The summed E-state index contributed by atoms with van der Waals surface area (Å²) in [5, 5.41) is 0. The zero-order chi connectivity index (χ0) is 22.7. The molecule has 0 amide bonds. The summed E-state index contributed by atoms with van der Waals surface area (Å²) in [6.45, 7) is 4.74. The third-order valence-corrected chi connectivity index (χ3v) is 30.8. The Hall–Kier alpha value is -3.37. The molecule has 0 saturated heterocycles. The average Bonchev–Trinajstić information content (AvgIpc) is 2.93. The number of hydrogen-bond donors (Lipinski definition) is 0. The van der Waals surface area contributed by atoms with E-state index in [1.807, 2.05) is 0 Å². The van der Waals surface area contributed by atoms with Crippen LogP contribution in [0.1, 0.15) is 0 Å². The molecular weight excluding hydrogens is 512 g/mol. The van der Waals surface area contributed by atoms with Gasteiger partial charge >= 0.3 is 196 Å². The fourth-order valence-electron chi connectivity index (χ4n) is 5.70. The van der Waals surface area contributed by atoms with Gasteiger partial charge in [-0.2, -0.15) is 0 Å². The molecule has 0 atom stereocenters. The predicted molar refractivity (Wildman–Crippen MR) is 146 cm³/mol. The molecule has 1 heteroatoms. The van der Waals surface area contributed by atoms with Crippen molar-refractivity contribution in [2.45, 2.75) is 0 Å². The number of rotatable bonds is 6. The number of benzene rings is 5. The first kappa shape index (κ1) is 21.5. The molecule has 162 valence electrons. The Morgan fingerprint density at radius 1 is 0.333 bits per heavy atom. The maximum atomic E-state index is 4.74. The molecule has 33 heavy (non-hydrogen) atoms. The van der Waals surface area contributed by atoms with Gasteiger partial charge in [0.25, 0.3) is 0 Å². The van der Waals surface area contributed by atoms with Crippen molar-refractivity contribution in [2.24, 2.45) is 0 Å². The summed E-state index contributed by atoms with van der Waals surface area (Å²) >= 11 is -5.30. The molecular formula is C32H28Te. The van der Waals surface area contributed by atoms with Gasteiger partial charge in [-0.1, -0.05) is 0 Å². The Kier molecular flexibility index (Phi) is 5.13. The van der Waals surface area contributed by atoms with E-state index in [-0.39, 0.29) is 0 Å². The molecule has 0 bridgehead atoms. The van der Waals surface area contributed by atoms with Crippen LogP contribution in [0.4, 0.5) is 0 Å². The van der Waals surface area contributed by atoms with E-state index >= 15 is 0 Å².